The van der Waals surface area contributed by atoms with Crippen LogP contribution in [0, 0.1) is 69.1 Å². The summed E-state index contributed by atoms with van der Waals surface area (Å²) < 4.78 is 5.36. The van der Waals surface area contributed by atoms with Crippen LogP contribution in [0.25, 0.3) is 0 Å². The summed E-state index contributed by atoms with van der Waals surface area (Å²) in [5, 5.41) is 23.3. The van der Waals surface area contributed by atoms with E-state index in [4.69, 9.17) is 4.74 Å². The molecule has 2 aliphatic heterocycles. The van der Waals surface area contributed by atoms with Crippen molar-refractivity contribution in [2.24, 2.45) is 35.0 Å². The molecule has 2 heterocycles. The predicted octanol–water partition coefficient (Wildman–Crippen LogP) is 3.56. The molecule has 4 amide bonds. The molecule has 0 radical (unpaired) electrons. The van der Waals surface area contributed by atoms with Crippen LogP contribution >= 0.6 is 0 Å². The average Bonchev–Trinajstić information content (AvgIpc) is 3.39. The first-order chi connectivity index (χ1) is 21.2. The number of nitro benzene ring substituents is 2. The van der Waals surface area contributed by atoms with Crippen molar-refractivity contribution < 1.29 is 38.6 Å². The summed E-state index contributed by atoms with van der Waals surface area (Å²) in [4.78, 5) is 94.3. The number of nitro groups is 2. The summed E-state index contributed by atoms with van der Waals surface area (Å²) in [6.45, 7) is 7.69. The first-order valence-corrected chi connectivity index (χ1v) is 14.3. The highest BCUT2D eigenvalue weighted by Gasteiger charge is 2.77. The van der Waals surface area contributed by atoms with E-state index in [-0.39, 0.29) is 34.9 Å². The molecule has 2 bridgehead atoms. The third kappa shape index (κ3) is 3.77. The molecule has 1 saturated carbocycles. The molecule has 0 N–H and O–H groups in total. The Morgan fingerprint density at radius 2 is 1.20 bits per heavy atom. The maximum absolute atomic E-state index is 14.3. The minimum absolute atomic E-state index is 0.0172. The molecule has 7 rings (SSSR count). The maximum Gasteiger partial charge on any atom is 0.334 e. The second kappa shape index (κ2) is 9.87. The van der Waals surface area contributed by atoms with Gasteiger partial charge in [0.1, 0.15) is 0 Å². The van der Waals surface area contributed by atoms with Crippen LogP contribution in [0.5, 0.6) is 0 Å². The zero-order chi connectivity index (χ0) is 32.9. The number of hydrogen-bond donors (Lipinski definition) is 0. The van der Waals surface area contributed by atoms with Crippen LogP contribution in [0.2, 0.25) is 0 Å². The molecule has 2 aromatic rings. The molecular formula is C31H28N4O10. The topological polar surface area (TPSA) is 187 Å². The van der Waals surface area contributed by atoms with E-state index in [1.165, 1.54) is 45.0 Å². The largest absolute Gasteiger partial charge is 0.463 e. The van der Waals surface area contributed by atoms with E-state index in [0.717, 1.165) is 21.9 Å². The monoisotopic (exact) mass is 616 g/mol. The van der Waals surface area contributed by atoms with Crippen LogP contribution in [-0.4, -0.2) is 46.1 Å². The number of benzene rings is 2. The molecule has 2 aromatic carbocycles. The Morgan fingerprint density at radius 3 is 1.58 bits per heavy atom. The lowest BCUT2D eigenvalue weighted by atomic mass is 9.43. The molecule has 3 aliphatic carbocycles. The fourth-order valence-electron chi connectivity index (χ4n) is 8.19. The zero-order valence-corrected chi connectivity index (χ0v) is 24.9. The van der Waals surface area contributed by atoms with Crippen molar-refractivity contribution in [3.63, 3.8) is 0 Å². The fourth-order valence-corrected chi connectivity index (χ4v) is 8.19. The molecule has 0 aromatic heterocycles. The Kier molecular flexibility index (Phi) is 6.53. The smallest absolute Gasteiger partial charge is 0.334 e. The number of ether oxygens (including phenoxy) is 1. The van der Waals surface area contributed by atoms with E-state index in [1.54, 1.807) is 13.8 Å². The lowest BCUT2D eigenvalue weighted by molar-refractivity contribution is -0.385. The molecule has 232 valence electrons. The highest BCUT2D eigenvalue weighted by molar-refractivity contribution is 6.27. The van der Waals surface area contributed by atoms with Gasteiger partial charge in [-0.1, -0.05) is 24.6 Å². The van der Waals surface area contributed by atoms with Gasteiger partial charge in [-0.25, -0.2) is 14.6 Å². The second-order valence-corrected chi connectivity index (χ2v) is 12.1. The van der Waals surface area contributed by atoms with Crippen molar-refractivity contribution >= 4 is 52.3 Å². The van der Waals surface area contributed by atoms with Crippen molar-refractivity contribution in [3.8, 4) is 0 Å². The summed E-state index contributed by atoms with van der Waals surface area (Å²) in [6.07, 6.45) is 0. The standard InChI is InChI=1S/C31H28N4O10/c1-6-45-30(40)23-15(4)20-21-24(28(38)32(26(21)36)16-9-7-13(2)18(11-16)34(41)42)31(23,5)25-22(20)27(37)33(29(25)39)17-10-8-14(3)19(12-17)35(43)44/h7-12,20-22,24-25H,6H2,1-5H3/t20?,21-,22-,24-,25-,31?/m1/s1. The van der Waals surface area contributed by atoms with Crippen LogP contribution < -0.4 is 9.80 Å². The maximum atomic E-state index is 14.3. The summed E-state index contributed by atoms with van der Waals surface area (Å²) in [6, 6.07) is 7.91. The summed E-state index contributed by atoms with van der Waals surface area (Å²) in [5.74, 6) is -9.64. The van der Waals surface area contributed by atoms with Gasteiger partial charge in [-0.2, -0.15) is 0 Å². The van der Waals surface area contributed by atoms with Crippen molar-refractivity contribution in [2.45, 2.75) is 34.6 Å². The van der Waals surface area contributed by atoms with Crippen molar-refractivity contribution in [2.75, 3.05) is 16.4 Å². The number of imide groups is 2. The van der Waals surface area contributed by atoms with Gasteiger partial charge in [0.2, 0.25) is 23.6 Å². The molecule has 4 atom stereocenters. The van der Waals surface area contributed by atoms with Gasteiger partial charge in [0.15, 0.2) is 0 Å². The van der Waals surface area contributed by atoms with Crippen LogP contribution in [0.3, 0.4) is 0 Å². The Morgan fingerprint density at radius 1 is 0.778 bits per heavy atom. The molecule has 3 fully saturated rings. The van der Waals surface area contributed by atoms with Crippen LogP contribution in [0.15, 0.2) is 47.5 Å². The van der Waals surface area contributed by atoms with Gasteiger partial charge in [0, 0.05) is 40.2 Å². The first-order valence-electron chi connectivity index (χ1n) is 14.3. The summed E-state index contributed by atoms with van der Waals surface area (Å²) in [5.41, 5.74) is -1.36. The number of amides is 4. The number of allylic oxidation sites excluding steroid dienone is 1. The number of carbonyl (C=O) groups excluding carboxylic acids is 5. The van der Waals surface area contributed by atoms with Crippen LogP contribution in [0.4, 0.5) is 22.7 Å². The van der Waals surface area contributed by atoms with Gasteiger partial charge >= 0.3 is 5.97 Å². The third-order valence-electron chi connectivity index (χ3n) is 9.98. The van der Waals surface area contributed by atoms with Gasteiger partial charge in [0.25, 0.3) is 11.4 Å². The Balaban J connectivity index is 1.53. The van der Waals surface area contributed by atoms with E-state index in [1.807, 2.05) is 0 Å². The van der Waals surface area contributed by atoms with Crippen LogP contribution in [0.1, 0.15) is 31.9 Å². The van der Waals surface area contributed by atoms with Crippen molar-refractivity contribution in [3.05, 3.63) is 78.9 Å². The van der Waals surface area contributed by atoms with Gasteiger partial charge in [-0.3, -0.25) is 39.4 Å². The van der Waals surface area contributed by atoms with Gasteiger partial charge in [-0.15, -0.1) is 0 Å². The second-order valence-electron chi connectivity index (χ2n) is 12.1. The molecule has 0 unspecified atom stereocenters. The molecular weight excluding hydrogens is 588 g/mol. The number of esters is 1. The van der Waals surface area contributed by atoms with Crippen molar-refractivity contribution in [1.29, 1.82) is 0 Å². The van der Waals surface area contributed by atoms with E-state index in [0.29, 0.717) is 16.7 Å². The Labute approximate surface area is 255 Å². The fraction of sp³-hybridized carbons (Fsp3) is 0.387. The van der Waals surface area contributed by atoms with E-state index in [2.05, 4.69) is 0 Å². The number of carbonyl (C=O) groups is 5. The minimum Gasteiger partial charge on any atom is -0.463 e. The van der Waals surface area contributed by atoms with Gasteiger partial charge < -0.3 is 4.74 Å². The SMILES string of the molecule is CCOC(=O)C1=C(C)C2[C@H]3C(=O)N(c4ccc(C)c([N+](=O)[O-])c4)C(=O)[C@@H]3C1(C)[C@H]1C(=O)N(c3ccc(C)c([N+](=O)[O-])c3)C(=O)[C@H]21. The number of hydrogen-bond acceptors (Lipinski definition) is 10. The van der Waals surface area contributed by atoms with Gasteiger partial charge in [-0.05, 0) is 39.8 Å². The number of rotatable bonds is 6. The quantitative estimate of drug-likeness (QED) is 0.201. The summed E-state index contributed by atoms with van der Waals surface area (Å²) in [7, 11) is 0. The average molecular weight is 617 g/mol. The lowest BCUT2D eigenvalue weighted by Gasteiger charge is -2.55. The van der Waals surface area contributed by atoms with E-state index >= 15 is 0 Å². The first kappa shape index (κ1) is 29.8. The Hall–Kier alpha value is -5.27. The zero-order valence-electron chi connectivity index (χ0n) is 24.9. The van der Waals surface area contributed by atoms with E-state index < -0.39 is 74.4 Å². The summed E-state index contributed by atoms with van der Waals surface area (Å²) >= 11 is 0. The third-order valence-corrected chi connectivity index (χ3v) is 9.98. The molecule has 14 nitrogen and oxygen atoms in total. The Bertz CT molecular complexity index is 1720. The molecule has 45 heavy (non-hydrogen) atoms. The van der Waals surface area contributed by atoms with Crippen LogP contribution in [-0.2, 0) is 28.7 Å². The predicted molar refractivity (Wildman–Crippen MR) is 156 cm³/mol. The lowest BCUT2D eigenvalue weighted by Crippen LogP contribution is -2.61. The minimum atomic E-state index is -1.70. The molecule has 5 aliphatic rings. The molecule has 2 saturated heterocycles. The highest BCUT2D eigenvalue weighted by atomic mass is 16.6. The van der Waals surface area contributed by atoms with Gasteiger partial charge in [0.05, 0.1) is 51.5 Å². The molecule has 0 spiro atoms. The normalized spacial score (nSPS) is 28.5. The number of aryl methyl sites for hydroxylation is 2. The van der Waals surface area contributed by atoms with Crippen molar-refractivity contribution in [1.82, 2.24) is 0 Å². The number of nitrogens with zero attached hydrogens (tertiary/aromatic N) is 4. The van der Waals surface area contributed by atoms with E-state index in [9.17, 15) is 44.2 Å². The number of anilines is 2. The highest BCUT2D eigenvalue weighted by Crippen LogP contribution is 2.69. The molecule has 14 heteroatoms.